The molecule has 2 amide bonds. The van der Waals surface area contributed by atoms with Crippen molar-refractivity contribution >= 4 is 18.0 Å². The van der Waals surface area contributed by atoms with Crippen LogP contribution in [0.3, 0.4) is 0 Å². The van der Waals surface area contributed by atoms with Gasteiger partial charge in [0, 0.05) is 0 Å². The van der Waals surface area contributed by atoms with E-state index in [0.29, 0.717) is 12.8 Å². The van der Waals surface area contributed by atoms with Crippen LogP contribution in [0, 0.1) is 5.92 Å². The summed E-state index contributed by atoms with van der Waals surface area (Å²) in [5.74, 6) is -0.790. The van der Waals surface area contributed by atoms with Crippen molar-refractivity contribution in [2.24, 2.45) is 5.92 Å². The van der Waals surface area contributed by atoms with Crippen LogP contribution in [0.2, 0.25) is 0 Å². The van der Waals surface area contributed by atoms with Gasteiger partial charge in [-0.05, 0) is 24.3 Å². The first-order chi connectivity index (χ1) is 12.4. The summed E-state index contributed by atoms with van der Waals surface area (Å²) < 4.78 is 9.84. The second-order valence-corrected chi connectivity index (χ2v) is 6.38. The van der Waals surface area contributed by atoms with Crippen LogP contribution in [0.5, 0.6) is 0 Å². The van der Waals surface area contributed by atoms with Crippen molar-refractivity contribution in [2.75, 3.05) is 7.11 Å². The van der Waals surface area contributed by atoms with E-state index in [1.165, 1.54) is 7.11 Å². The predicted octanol–water partition coefficient (Wildman–Crippen LogP) is 2.40. The first-order valence-electron chi connectivity index (χ1n) is 8.72. The molecule has 0 aliphatic heterocycles. The molecule has 0 unspecified atom stereocenters. The lowest BCUT2D eigenvalue weighted by molar-refractivity contribution is -0.145. The number of rotatable bonds is 9. The van der Waals surface area contributed by atoms with Crippen LogP contribution in [0.25, 0.3) is 0 Å². The number of carbonyl (C=O) groups excluding carboxylic acids is 3. The van der Waals surface area contributed by atoms with Gasteiger partial charge >= 0.3 is 12.1 Å². The van der Waals surface area contributed by atoms with E-state index in [2.05, 4.69) is 15.4 Å². The zero-order valence-electron chi connectivity index (χ0n) is 15.8. The molecule has 0 bridgehead atoms. The van der Waals surface area contributed by atoms with Gasteiger partial charge in [0.15, 0.2) is 0 Å². The third kappa shape index (κ3) is 7.55. The first kappa shape index (κ1) is 21.5. The molecule has 1 aromatic carbocycles. The molecule has 0 saturated heterocycles. The van der Waals surface area contributed by atoms with Crippen molar-refractivity contribution in [3.8, 4) is 0 Å². The Morgan fingerprint density at radius 2 is 1.69 bits per heavy atom. The van der Waals surface area contributed by atoms with Crippen LogP contribution >= 0.6 is 0 Å². The summed E-state index contributed by atoms with van der Waals surface area (Å²) in [7, 11) is 1.27. The average molecular weight is 364 g/mol. The minimum absolute atomic E-state index is 0.114. The van der Waals surface area contributed by atoms with Crippen molar-refractivity contribution < 1.29 is 23.9 Å². The quantitative estimate of drug-likeness (QED) is 0.656. The molecule has 1 rings (SSSR count). The Morgan fingerprint density at radius 1 is 1.04 bits per heavy atom. The highest BCUT2D eigenvalue weighted by Gasteiger charge is 2.27. The number of hydrogen-bond donors (Lipinski definition) is 2. The third-order valence-corrected chi connectivity index (χ3v) is 3.74. The summed E-state index contributed by atoms with van der Waals surface area (Å²) >= 11 is 0. The Balaban J connectivity index is 2.65. The number of benzene rings is 1. The van der Waals surface area contributed by atoms with Gasteiger partial charge in [0.1, 0.15) is 18.7 Å². The van der Waals surface area contributed by atoms with Crippen molar-refractivity contribution in [1.82, 2.24) is 10.6 Å². The third-order valence-electron chi connectivity index (χ3n) is 3.74. The molecule has 2 N–H and O–H groups in total. The monoisotopic (exact) mass is 364 g/mol. The second-order valence-electron chi connectivity index (χ2n) is 6.38. The zero-order chi connectivity index (χ0) is 19.5. The number of hydrogen-bond acceptors (Lipinski definition) is 5. The average Bonchev–Trinajstić information content (AvgIpc) is 2.63. The highest BCUT2D eigenvalue weighted by Crippen LogP contribution is 2.07. The molecule has 2 atom stereocenters. The van der Waals surface area contributed by atoms with E-state index in [4.69, 9.17) is 4.74 Å². The first-order valence-corrected chi connectivity index (χ1v) is 8.72. The normalized spacial score (nSPS) is 12.8. The summed E-state index contributed by atoms with van der Waals surface area (Å²) in [5, 5.41) is 5.20. The van der Waals surface area contributed by atoms with Crippen LogP contribution in [-0.2, 0) is 25.7 Å². The lowest BCUT2D eigenvalue weighted by atomic mass is 10.0. The van der Waals surface area contributed by atoms with Crippen LogP contribution in [-0.4, -0.2) is 37.2 Å². The van der Waals surface area contributed by atoms with Crippen LogP contribution in [0.1, 0.15) is 39.2 Å². The molecule has 1 aromatic rings. The maximum Gasteiger partial charge on any atom is 0.408 e. The molecule has 0 fully saturated rings. The molecular weight excluding hydrogens is 336 g/mol. The highest BCUT2D eigenvalue weighted by molar-refractivity contribution is 5.89. The van der Waals surface area contributed by atoms with Crippen molar-refractivity contribution in [3.05, 3.63) is 35.9 Å². The largest absolute Gasteiger partial charge is 0.467 e. The van der Waals surface area contributed by atoms with E-state index in [-0.39, 0.29) is 12.5 Å². The van der Waals surface area contributed by atoms with Crippen molar-refractivity contribution in [2.45, 2.75) is 52.3 Å². The number of alkyl carbamates (subject to hydrolysis) is 1. The Hall–Kier alpha value is -2.57. The molecule has 7 heteroatoms. The van der Waals surface area contributed by atoms with Gasteiger partial charge in [-0.3, -0.25) is 4.79 Å². The number of methoxy groups -OCH3 is 1. The van der Waals surface area contributed by atoms with Crippen molar-refractivity contribution in [3.63, 3.8) is 0 Å². The lowest BCUT2D eigenvalue weighted by Gasteiger charge is -2.22. The van der Waals surface area contributed by atoms with Gasteiger partial charge in [-0.25, -0.2) is 9.59 Å². The molecule has 7 nitrogen and oxygen atoms in total. The van der Waals surface area contributed by atoms with Crippen LogP contribution in [0.15, 0.2) is 30.3 Å². The fraction of sp³-hybridized carbons (Fsp3) is 0.526. The number of ether oxygens (including phenoxy) is 2. The summed E-state index contributed by atoms with van der Waals surface area (Å²) in [4.78, 5) is 36.2. The van der Waals surface area contributed by atoms with E-state index in [1.807, 2.05) is 44.2 Å². The van der Waals surface area contributed by atoms with Gasteiger partial charge in [0.05, 0.1) is 7.11 Å². The minimum Gasteiger partial charge on any atom is -0.467 e. The predicted molar refractivity (Wildman–Crippen MR) is 97.2 cm³/mol. The number of amides is 2. The Kier molecular flexibility index (Phi) is 9.19. The van der Waals surface area contributed by atoms with E-state index >= 15 is 0 Å². The van der Waals surface area contributed by atoms with Gasteiger partial charge in [-0.15, -0.1) is 0 Å². The van der Waals surface area contributed by atoms with Crippen LogP contribution < -0.4 is 10.6 Å². The second kappa shape index (κ2) is 11.1. The summed E-state index contributed by atoms with van der Waals surface area (Å²) in [6.45, 7) is 5.76. The fourth-order valence-corrected chi connectivity index (χ4v) is 2.35. The summed E-state index contributed by atoms with van der Waals surface area (Å²) in [5.41, 5.74) is 0.851. The molecule has 0 saturated carbocycles. The van der Waals surface area contributed by atoms with Gasteiger partial charge in [0.25, 0.3) is 0 Å². The molecular formula is C19H28N2O5. The standard InChI is InChI=1S/C19H28N2O5/c1-5-15(18(23)25-4)20-17(22)16(11-13(2)3)21-19(24)26-12-14-9-7-6-8-10-14/h6-10,13,15-16H,5,11-12H2,1-4H3,(H,20,22)(H,21,24)/t15-,16-/m0/s1. The topological polar surface area (TPSA) is 93.7 Å². The smallest absolute Gasteiger partial charge is 0.408 e. The molecule has 0 radical (unpaired) electrons. The molecule has 0 aromatic heterocycles. The SMILES string of the molecule is CC[C@H](NC(=O)[C@H](CC(C)C)NC(=O)OCc1ccccc1)C(=O)OC. The summed E-state index contributed by atoms with van der Waals surface area (Å²) in [6, 6.07) is 7.72. The molecule has 26 heavy (non-hydrogen) atoms. The maximum atomic E-state index is 12.5. The number of nitrogens with one attached hydrogen (secondary N) is 2. The molecule has 0 spiro atoms. The lowest BCUT2D eigenvalue weighted by Crippen LogP contribution is -2.52. The van der Waals surface area contributed by atoms with E-state index in [9.17, 15) is 14.4 Å². The molecule has 144 valence electrons. The van der Waals surface area contributed by atoms with Crippen LogP contribution in [0.4, 0.5) is 4.79 Å². The fourth-order valence-electron chi connectivity index (χ4n) is 2.35. The molecule has 0 heterocycles. The highest BCUT2D eigenvalue weighted by atomic mass is 16.5. The van der Waals surface area contributed by atoms with Crippen molar-refractivity contribution in [1.29, 1.82) is 0 Å². The van der Waals surface area contributed by atoms with E-state index in [0.717, 1.165) is 5.56 Å². The maximum absolute atomic E-state index is 12.5. The zero-order valence-corrected chi connectivity index (χ0v) is 15.8. The minimum atomic E-state index is -0.794. The van der Waals surface area contributed by atoms with Gasteiger partial charge in [-0.1, -0.05) is 51.1 Å². The Morgan fingerprint density at radius 3 is 2.23 bits per heavy atom. The number of esters is 1. The van der Waals surface area contributed by atoms with Gasteiger partial charge in [-0.2, -0.15) is 0 Å². The van der Waals surface area contributed by atoms with E-state index < -0.39 is 30.1 Å². The van der Waals surface area contributed by atoms with E-state index in [1.54, 1.807) is 6.92 Å². The summed E-state index contributed by atoms with van der Waals surface area (Å²) in [6.07, 6.45) is 0.135. The Bertz CT molecular complexity index is 589. The Labute approximate surface area is 154 Å². The molecule has 0 aliphatic rings. The van der Waals surface area contributed by atoms with Gasteiger partial charge in [0.2, 0.25) is 5.91 Å². The van der Waals surface area contributed by atoms with Gasteiger partial charge < -0.3 is 20.1 Å². The number of carbonyl (C=O) groups is 3. The molecule has 0 aliphatic carbocycles.